The second kappa shape index (κ2) is 10.5. The van der Waals surface area contributed by atoms with Crippen LogP contribution in [0.3, 0.4) is 0 Å². The zero-order valence-corrected chi connectivity index (χ0v) is 22.2. The van der Waals surface area contributed by atoms with Crippen molar-refractivity contribution >= 4 is 33.1 Å². The number of anilines is 1. The molecule has 0 aliphatic rings. The molecule has 0 radical (unpaired) electrons. The molecule has 2 aromatic heterocycles. The first-order valence-corrected chi connectivity index (χ1v) is 12.7. The molecule has 0 bridgehead atoms. The van der Waals surface area contributed by atoms with Crippen LogP contribution in [0.5, 0.6) is 11.5 Å². The summed E-state index contributed by atoms with van der Waals surface area (Å²) in [6, 6.07) is 11.6. The molecule has 0 spiro atoms. The highest BCUT2D eigenvalue weighted by atomic mass is 32.1. The van der Waals surface area contributed by atoms with Crippen molar-refractivity contribution in [2.24, 2.45) is 0 Å². The minimum Gasteiger partial charge on any atom is -0.493 e. The van der Waals surface area contributed by atoms with Crippen molar-refractivity contribution in [2.75, 3.05) is 19.5 Å². The minimum atomic E-state index is -0.267. The van der Waals surface area contributed by atoms with Crippen molar-refractivity contribution in [3.8, 4) is 22.6 Å². The van der Waals surface area contributed by atoms with Gasteiger partial charge in [-0.15, -0.1) is 11.3 Å². The number of hydrogen-bond acceptors (Lipinski definition) is 6. The van der Waals surface area contributed by atoms with E-state index >= 15 is 0 Å². The van der Waals surface area contributed by atoms with Crippen LogP contribution in [0.4, 0.5) is 5.69 Å². The summed E-state index contributed by atoms with van der Waals surface area (Å²) in [5.41, 5.74) is 4.27. The zero-order valence-electron chi connectivity index (χ0n) is 21.4. The van der Waals surface area contributed by atoms with E-state index in [9.17, 15) is 9.59 Å². The largest absolute Gasteiger partial charge is 0.493 e. The molecule has 188 valence electrons. The molecule has 0 aliphatic carbocycles. The number of carbonyl (C=O) groups is 1. The van der Waals surface area contributed by atoms with Crippen LogP contribution in [-0.2, 0) is 11.3 Å². The molecule has 7 nitrogen and oxygen atoms in total. The molecule has 36 heavy (non-hydrogen) atoms. The fraction of sp³-hybridized carbons (Fsp3) is 0.321. The van der Waals surface area contributed by atoms with Crippen molar-refractivity contribution in [1.29, 1.82) is 0 Å². The van der Waals surface area contributed by atoms with Crippen LogP contribution < -0.4 is 20.3 Å². The Morgan fingerprint density at radius 2 is 1.69 bits per heavy atom. The number of fused-ring (bicyclic) bond motifs is 1. The molecule has 0 unspecified atom stereocenters. The molecule has 8 heteroatoms. The normalized spacial score (nSPS) is 11.3. The second-order valence-corrected chi connectivity index (χ2v) is 10.1. The third-order valence-corrected chi connectivity index (χ3v) is 7.09. The molecule has 2 aromatic carbocycles. The van der Waals surface area contributed by atoms with E-state index in [1.807, 2.05) is 35.7 Å². The van der Waals surface area contributed by atoms with E-state index in [1.165, 1.54) is 22.2 Å². The van der Waals surface area contributed by atoms with Gasteiger partial charge in [0.25, 0.3) is 5.56 Å². The number of methoxy groups -OCH3 is 2. The Balaban J connectivity index is 1.69. The lowest BCUT2D eigenvalue weighted by Gasteiger charge is -2.20. The smallest absolute Gasteiger partial charge is 0.263 e. The van der Waals surface area contributed by atoms with Crippen molar-refractivity contribution in [3.63, 3.8) is 0 Å². The first-order chi connectivity index (χ1) is 17.2. The number of benzene rings is 2. The first kappa shape index (κ1) is 25.4. The summed E-state index contributed by atoms with van der Waals surface area (Å²) in [5.74, 6) is 1.40. The quantitative estimate of drug-likeness (QED) is 0.316. The molecule has 0 aliphatic heterocycles. The van der Waals surface area contributed by atoms with E-state index in [4.69, 9.17) is 9.47 Å². The Labute approximate surface area is 214 Å². The van der Waals surface area contributed by atoms with Gasteiger partial charge in [0, 0.05) is 16.6 Å². The number of thiophene rings is 1. The lowest BCUT2D eigenvalue weighted by molar-refractivity contribution is -0.116. The van der Waals surface area contributed by atoms with Crippen LogP contribution in [0.1, 0.15) is 50.7 Å². The molecule has 4 rings (SSSR count). The van der Waals surface area contributed by atoms with Crippen LogP contribution in [-0.4, -0.2) is 29.7 Å². The number of para-hydroxylation sites is 1. The summed E-state index contributed by atoms with van der Waals surface area (Å²) in [7, 11) is 3.15. The number of rotatable bonds is 8. The van der Waals surface area contributed by atoms with Crippen molar-refractivity contribution in [3.05, 3.63) is 69.6 Å². The minimum absolute atomic E-state index is 0.132. The fourth-order valence-corrected chi connectivity index (χ4v) is 5.23. The van der Waals surface area contributed by atoms with Gasteiger partial charge in [0.1, 0.15) is 11.4 Å². The van der Waals surface area contributed by atoms with E-state index in [2.05, 4.69) is 38.0 Å². The fourth-order valence-electron chi connectivity index (χ4n) is 4.33. The van der Waals surface area contributed by atoms with E-state index in [-0.39, 0.29) is 29.8 Å². The molecule has 1 amide bonds. The van der Waals surface area contributed by atoms with Crippen LogP contribution in [0, 0.1) is 0 Å². The number of carbonyl (C=O) groups excluding carboxylic acids is 1. The number of hydrogen-bond donors (Lipinski definition) is 1. The SMILES string of the molecule is COc1ccc(-c2csc3ncn(CC(=O)Nc4c(C(C)C)cccc4C(C)C)c(=O)c23)cc1OC. The van der Waals surface area contributed by atoms with Gasteiger partial charge in [0.15, 0.2) is 11.5 Å². The maximum absolute atomic E-state index is 13.5. The van der Waals surface area contributed by atoms with Gasteiger partial charge < -0.3 is 14.8 Å². The lowest BCUT2D eigenvalue weighted by Crippen LogP contribution is -2.28. The van der Waals surface area contributed by atoms with E-state index in [1.54, 1.807) is 20.3 Å². The van der Waals surface area contributed by atoms with Gasteiger partial charge in [-0.3, -0.25) is 14.2 Å². The number of aromatic nitrogens is 2. The Kier molecular flexibility index (Phi) is 7.45. The van der Waals surface area contributed by atoms with Gasteiger partial charge in [-0.05, 0) is 40.7 Å². The van der Waals surface area contributed by atoms with Gasteiger partial charge in [-0.1, -0.05) is 52.0 Å². The molecule has 0 saturated carbocycles. The van der Waals surface area contributed by atoms with Gasteiger partial charge in [0.2, 0.25) is 5.91 Å². The topological polar surface area (TPSA) is 82.5 Å². The highest BCUT2D eigenvalue weighted by molar-refractivity contribution is 7.17. The van der Waals surface area contributed by atoms with Gasteiger partial charge in [-0.25, -0.2) is 4.98 Å². The molecular formula is C28H31N3O4S. The monoisotopic (exact) mass is 505 g/mol. The van der Waals surface area contributed by atoms with Crippen molar-refractivity contribution in [1.82, 2.24) is 9.55 Å². The van der Waals surface area contributed by atoms with Gasteiger partial charge in [-0.2, -0.15) is 0 Å². The Morgan fingerprint density at radius 3 is 2.31 bits per heavy atom. The standard InChI is InChI=1S/C28H31N3O4S/c1-16(2)19-8-7-9-20(17(3)4)26(19)30-24(32)13-31-15-29-27-25(28(31)33)21(14-36-27)18-10-11-22(34-5)23(12-18)35-6/h7-12,14-17H,13H2,1-6H3,(H,30,32). The van der Waals surface area contributed by atoms with Crippen molar-refractivity contribution < 1.29 is 14.3 Å². The summed E-state index contributed by atoms with van der Waals surface area (Å²) >= 11 is 1.39. The number of nitrogens with zero attached hydrogens (tertiary/aromatic N) is 2. The van der Waals surface area contributed by atoms with Gasteiger partial charge >= 0.3 is 0 Å². The summed E-state index contributed by atoms with van der Waals surface area (Å²) in [5, 5.41) is 5.46. The molecule has 0 atom stereocenters. The maximum atomic E-state index is 13.5. The average Bonchev–Trinajstić information content (AvgIpc) is 3.30. The Bertz CT molecular complexity index is 1440. The highest BCUT2D eigenvalue weighted by Gasteiger charge is 2.19. The van der Waals surface area contributed by atoms with Crippen LogP contribution >= 0.6 is 11.3 Å². The Morgan fingerprint density at radius 1 is 1.03 bits per heavy atom. The van der Waals surface area contributed by atoms with Crippen LogP contribution in [0.2, 0.25) is 0 Å². The summed E-state index contributed by atoms with van der Waals surface area (Å²) < 4.78 is 12.1. The van der Waals surface area contributed by atoms with E-state index in [0.29, 0.717) is 21.7 Å². The summed E-state index contributed by atoms with van der Waals surface area (Å²) in [6.07, 6.45) is 1.44. The number of amides is 1. The zero-order chi connectivity index (χ0) is 26.0. The van der Waals surface area contributed by atoms with E-state index in [0.717, 1.165) is 27.9 Å². The second-order valence-electron chi connectivity index (χ2n) is 9.25. The van der Waals surface area contributed by atoms with Crippen LogP contribution in [0.15, 0.2) is 52.9 Å². The molecule has 0 fully saturated rings. The number of ether oxygens (including phenoxy) is 2. The third kappa shape index (κ3) is 4.86. The summed E-state index contributed by atoms with van der Waals surface area (Å²) in [4.78, 5) is 31.7. The predicted octanol–water partition coefficient (Wildman–Crippen LogP) is 6.03. The molecular weight excluding hydrogens is 474 g/mol. The summed E-state index contributed by atoms with van der Waals surface area (Å²) in [6.45, 7) is 8.27. The molecule has 2 heterocycles. The van der Waals surface area contributed by atoms with Crippen molar-refractivity contribution in [2.45, 2.75) is 46.1 Å². The van der Waals surface area contributed by atoms with Gasteiger partial charge in [0.05, 0.1) is 25.9 Å². The molecule has 0 saturated heterocycles. The maximum Gasteiger partial charge on any atom is 0.263 e. The Hall–Kier alpha value is -3.65. The van der Waals surface area contributed by atoms with Crippen LogP contribution in [0.25, 0.3) is 21.3 Å². The number of nitrogens with one attached hydrogen (secondary N) is 1. The predicted molar refractivity (Wildman–Crippen MR) is 146 cm³/mol. The average molecular weight is 506 g/mol. The third-order valence-electron chi connectivity index (χ3n) is 6.21. The molecule has 1 N–H and O–H groups in total. The first-order valence-electron chi connectivity index (χ1n) is 11.9. The lowest BCUT2D eigenvalue weighted by atomic mass is 9.92. The van der Waals surface area contributed by atoms with E-state index < -0.39 is 0 Å². The highest BCUT2D eigenvalue weighted by Crippen LogP contribution is 2.36. The molecule has 4 aromatic rings.